The molecule has 2 atom stereocenters. The van der Waals surface area contributed by atoms with E-state index in [2.05, 4.69) is 29.1 Å². The van der Waals surface area contributed by atoms with Crippen molar-refractivity contribution in [3.05, 3.63) is 24.3 Å². The van der Waals surface area contributed by atoms with Gasteiger partial charge in [0.05, 0.1) is 6.61 Å². The van der Waals surface area contributed by atoms with Crippen LogP contribution in [0.15, 0.2) is 24.3 Å². The Balaban J connectivity index is 4.24. The Morgan fingerprint density at radius 1 is 0.725 bits per heavy atom. The van der Waals surface area contributed by atoms with Gasteiger partial charge in [0.25, 0.3) is 0 Å². The molecule has 3 amide bonds. The first-order valence-corrected chi connectivity index (χ1v) is 14.2. The Morgan fingerprint density at radius 2 is 1.30 bits per heavy atom. The number of amides is 3. The average molecular weight is 568 g/mol. The van der Waals surface area contributed by atoms with Crippen LogP contribution in [0.2, 0.25) is 0 Å². The van der Waals surface area contributed by atoms with Crippen molar-refractivity contribution in [3.8, 4) is 0 Å². The standard InChI is InChI=1S/C29H49N3O8/c1-7-8-20-38-29(37)32-25(17-13-11-12-16-24(33)21(2)3)40-28(36)31-19-15-10-9-14-18-30-27(35)39-23(6)26(34)22(4)5/h23,25H,2,4,7-20H2,1,3,5-6H3,(H,30,35)(H,31,36)(H,32,37). The van der Waals surface area contributed by atoms with Gasteiger partial charge in [-0.2, -0.15) is 0 Å². The summed E-state index contributed by atoms with van der Waals surface area (Å²) in [5, 5.41) is 7.88. The second-order valence-electron chi connectivity index (χ2n) is 9.79. The molecule has 0 aromatic heterocycles. The SMILES string of the molecule is C=C(C)C(=O)CCCCCC(NC(=O)OCCCC)OC(=O)NCCCCCCNC(=O)OC(C)C(=O)C(=C)C. The first kappa shape index (κ1) is 36.6. The van der Waals surface area contributed by atoms with E-state index in [0.717, 1.165) is 32.1 Å². The van der Waals surface area contributed by atoms with Crippen molar-refractivity contribution in [2.75, 3.05) is 19.7 Å². The van der Waals surface area contributed by atoms with Crippen LogP contribution in [0.4, 0.5) is 14.4 Å². The molecule has 0 bridgehead atoms. The number of Topliss-reactive ketones (excluding diaryl/α,β-unsaturated/α-hetero) is 2. The maximum absolute atomic E-state index is 12.3. The lowest BCUT2D eigenvalue weighted by Gasteiger charge is -2.19. The van der Waals surface area contributed by atoms with Crippen LogP contribution in [0.1, 0.15) is 98.3 Å². The topological polar surface area (TPSA) is 149 Å². The van der Waals surface area contributed by atoms with Crippen molar-refractivity contribution in [1.82, 2.24) is 16.0 Å². The second-order valence-corrected chi connectivity index (χ2v) is 9.79. The minimum atomic E-state index is -0.873. The van der Waals surface area contributed by atoms with Gasteiger partial charge in [-0.15, -0.1) is 0 Å². The first-order chi connectivity index (χ1) is 19.0. The summed E-state index contributed by atoms with van der Waals surface area (Å²) in [6.07, 6.45) is 3.94. The van der Waals surface area contributed by atoms with Crippen LogP contribution in [-0.2, 0) is 23.8 Å². The quantitative estimate of drug-likeness (QED) is 0.0674. The van der Waals surface area contributed by atoms with E-state index < -0.39 is 30.6 Å². The minimum absolute atomic E-state index is 0.0326. The molecule has 0 fully saturated rings. The molecule has 11 heteroatoms. The summed E-state index contributed by atoms with van der Waals surface area (Å²) in [6, 6.07) is 0. The lowest BCUT2D eigenvalue weighted by atomic mass is 10.1. The summed E-state index contributed by atoms with van der Waals surface area (Å²) in [5.41, 5.74) is 0.868. The van der Waals surface area contributed by atoms with E-state index in [9.17, 15) is 24.0 Å². The van der Waals surface area contributed by atoms with E-state index in [1.54, 1.807) is 13.8 Å². The highest BCUT2D eigenvalue weighted by atomic mass is 16.6. The van der Waals surface area contributed by atoms with Crippen molar-refractivity contribution < 1.29 is 38.2 Å². The summed E-state index contributed by atoms with van der Waals surface area (Å²) in [7, 11) is 0. The van der Waals surface area contributed by atoms with Gasteiger partial charge in [0, 0.05) is 25.9 Å². The molecule has 0 aromatic carbocycles. The summed E-state index contributed by atoms with van der Waals surface area (Å²) < 4.78 is 15.5. The molecular formula is C29H49N3O8. The van der Waals surface area contributed by atoms with Crippen LogP contribution in [0.25, 0.3) is 0 Å². The van der Waals surface area contributed by atoms with Crippen molar-refractivity contribution in [2.45, 2.75) is 111 Å². The van der Waals surface area contributed by atoms with Crippen LogP contribution >= 0.6 is 0 Å². The average Bonchev–Trinajstić information content (AvgIpc) is 2.89. The summed E-state index contributed by atoms with van der Waals surface area (Å²) in [4.78, 5) is 59.4. The molecule has 0 aliphatic heterocycles. The van der Waals surface area contributed by atoms with Gasteiger partial charge in [-0.1, -0.05) is 45.8 Å². The van der Waals surface area contributed by atoms with Gasteiger partial charge >= 0.3 is 18.3 Å². The van der Waals surface area contributed by atoms with E-state index >= 15 is 0 Å². The number of ether oxygens (including phenoxy) is 3. The highest BCUT2D eigenvalue weighted by Crippen LogP contribution is 2.10. The molecule has 3 N–H and O–H groups in total. The van der Waals surface area contributed by atoms with E-state index in [4.69, 9.17) is 14.2 Å². The number of unbranched alkanes of at least 4 members (excludes halogenated alkanes) is 6. The highest BCUT2D eigenvalue weighted by Gasteiger charge is 2.19. The highest BCUT2D eigenvalue weighted by molar-refractivity contribution is 5.98. The second kappa shape index (κ2) is 22.4. The van der Waals surface area contributed by atoms with E-state index in [1.807, 2.05) is 6.92 Å². The van der Waals surface area contributed by atoms with E-state index in [0.29, 0.717) is 62.8 Å². The van der Waals surface area contributed by atoms with Gasteiger partial charge in [-0.05, 0) is 64.0 Å². The lowest BCUT2D eigenvalue weighted by Crippen LogP contribution is -2.41. The molecule has 0 spiro atoms. The fourth-order valence-corrected chi connectivity index (χ4v) is 3.41. The number of hydrogen-bond acceptors (Lipinski definition) is 8. The molecule has 0 saturated heterocycles. The maximum atomic E-state index is 12.3. The van der Waals surface area contributed by atoms with Crippen LogP contribution < -0.4 is 16.0 Å². The third kappa shape index (κ3) is 19.7. The normalized spacial score (nSPS) is 11.9. The number of rotatable bonds is 22. The van der Waals surface area contributed by atoms with Crippen molar-refractivity contribution >= 4 is 29.8 Å². The Bertz CT molecular complexity index is 843. The zero-order valence-corrected chi connectivity index (χ0v) is 24.7. The predicted octanol–water partition coefficient (Wildman–Crippen LogP) is 5.48. The van der Waals surface area contributed by atoms with Crippen LogP contribution in [0.5, 0.6) is 0 Å². The Hall–Kier alpha value is -3.37. The number of ketones is 2. The Morgan fingerprint density at radius 3 is 1.85 bits per heavy atom. The molecule has 228 valence electrons. The zero-order chi connectivity index (χ0) is 30.3. The van der Waals surface area contributed by atoms with Gasteiger partial charge in [-0.25, -0.2) is 14.4 Å². The van der Waals surface area contributed by atoms with Crippen LogP contribution in [0, 0.1) is 0 Å². The van der Waals surface area contributed by atoms with Crippen LogP contribution in [-0.4, -0.2) is 61.9 Å². The molecular weight excluding hydrogens is 518 g/mol. The number of alkyl carbamates (subject to hydrolysis) is 3. The number of carbonyl (C=O) groups excluding carboxylic acids is 5. The monoisotopic (exact) mass is 567 g/mol. The number of allylic oxidation sites excluding steroid dienone is 1. The molecule has 0 radical (unpaired) electrons. The fraction of sp³-hybridized carbons (Fsp3) is 0.690. The van der Waals surface area contributed by atoms with Gasteiger partial charge < -0.3 is 24.8 Å². The molecule has 0 heterocycles. The number of carbonyl (C=O) groups is 5. The van der Waals surface area contributed by atoms with Crippen molar-refractivity contribution in [1.29, 1.82) is 0 Å². The lowest BCUT2D eigenvalue weighted by molar-refractivity contribution is -0.122. The largest absolute Gasteiger partial charge is 0.449 e. The van der Waals surface area contributed by atoms with E-state index in [-0.39, 0.29) is 18.2 Å². The van der Waals surface area contributed by atoms with Gasteiger partial charge in [-0.3, -0.25) is 14.9 Å². The summed E-state index contributed by atoms with van der Waals surface area (Å²) in [6.45, 7) is 15.0. The van der Waals surface area contributed by atoms with Gasteiger partial charge in [0.2, 0.25) is 0 Å². The van der Waals surface area contributed by atoms with Crippen LogP contribution in [0.3, 0.4) is 0 Å². The maximum Gasteiger partial charge on any atom is 0.409 e. The van der Waals surface area contributed by atoms with Crippen molar-refractivity contribution in [2.24, 2.45) is 0 Å². The molecule has 0 aliphatic carbocycles. The fourth-order valence-electron chi connectivity index (χ4n) is 3.41. The molecule has 2 unspecified atom stereocenters. The Labute approximate surface area is 238 Å². The molecule has 0 saturated carbocycles. The smallest absolute Gasteiger partial charge is 0.409 e. The van der Waals surface area contributed by atoms with Crippen molar-refractivity contribution in [3.63, 3.8) is 0 Å². The van der Waals surface area contributed by atoms with Gasteiger partial charge in [0.15, 0.2) is 23.9 Å². The zero-order valence-electron chi connectivity index (χ0n) is 24.7. The molecule has 40 heavy (non-hydrogen) atoms. The predicted molar refractivity (Wildman–Crippen MR) is 153 cm³/mol. The third-order valence-electron chi connectivity index (χ3n) is 5.82. The number of hydrogen-bond donors (Lipinski definition) is 3. The molecule has 0 rings (SSSR count). The molecule has 0 aromatic rings. The molecule has 11 nitrogen and oxygen atoms in total. The number of nitrogens with one attached hydrogen (secondary N) is 3. The summed E-state index contributed by atoms with van der Waals surface area (Å²) >= 11 is 0. The summed E-state index contributed by atoms with van der Waals surface area (Å²) in [5.74, 6) is -0.285. The Kier molecular flexibility index (Phi) is 20.6. The minimum Gasteiger partial charge on any atom is -0.449 e. The molecule has 0 aliphatic rings. The van der Waals surface area contributed by atoms with E-state index in [1.165, 1.54) is 6.92 Å². The van der Waals surface area contributed by atoms with Gasteiger partial charge in [0.1, 0.15) is 0 Å². The third-order valence-corrected chi connectivity index (χ3v) is 5.82. The first-order valence-electron chi connectivity index (χ1n) is 14.2.